The summed E-state index contributed by atoms with van der Waals surface area (Å²) in [5.74, 6) is 0.0889. The van der Waals surface area contributed by atoms with Crippen LogP contribution in [0.5, 0.6) is 0 Å². The Balaban J connectivity index is 0.00000361. The van der Waals surface area contributed by atoms with Gasteiger partial charge < -0.3 is 15.4 Å². The molecule has 0 fully saturated rings. The Morgan fingerprint density at radius 3 is 2.65 bits per heavy atom. The van der Waals surface area contributed by atoms with Crippen molar-refractivity contribution in [3.8, 4) is 0 Å². The van der Waals surface area contributed by atoms with Crippen molar-refractivity contribution in [2.45, 2.75) is 32.4 Å². The Bertz CT molecular complexity index is 360. The Kier molecular flexibility index (Phi) is 11.1. The number of ether oxygens (including phenoxy) is 1. The molecule has 0 aliphatic carbocycles. The fourth-order valence-corrected chi connectivity index (χ4v) is 1.74. The van der Waals surface area contributed by atoms with Crippen LogP contribution < -0.4 is 10.6 Å². The second kappa shape index (κ2) is 11.7. The normalized spacial score (nSPS) is 11.5. The number of amides is 1. The van der Waals surface area contributed by atoms with Crippen molar-refractivity contribution in [1.29, 1.82) is 0 Å². The molecule has 5 heteroatoms. The standard InChI is InChI=1S/C15H24N2O2.ClH/c1-13(17-15(18)9-6-10-16-2)11-19-12-14-7-4-3-5-8-14;/h3-5,7-8,13,16H,6,9-12H2,1-2H3,(H,17,18);1H. The summed E-state index contributed by atoms with van der Waals surface area (Å²) < 4.78 is 5.58. The van der Waals surface area contributed by atoms with Crippen molar-refractivity contribution in [2.24, 2.45) is 0 Å². The van der Waals surface area contributed by atoms with Crippen LogP contribution in [0.15, 0.2) is 30.3 Å². The Morgan fingerprint density at radius 2 is 2.00 bits per heavy atom. The van der Waals surface area contributed by atoms with Crippen LogP contribution in [-0.2, 0) is 16.1 Å². The predicted molar refractivity (Wildman–Crippen MR) is 84.1 cm³/mol. The fourth-order valence-electron chi connectivity index (χ4n) is 1.74. The molecule has 0 aliphatic rings. The first-order chi connectivity index (χ1) is 9.22. The molecule has 1 amide bonds. The van der Waals surface area contributed by atoms with Crippen molar-refractivity contribution >= 4 is 18.3 Å². The molecule has 0 heterocycles. The highest BCUT2D eigenvalue weighted by atomic mass is 35.5. The van der Waals surface area contributed by atoms with Gasteiger partial charge in [0.05, 0.1) is 13.2 Å². The summed E-state index contributed by atoms with van der Waals surface area (Å²) in [6.45, 7) is 3.95. The Hall–Kier alpha value is -1.10. The van der Waals surface area contributed by atoms with Crippen LogP contribution in [0.3, 0.4) is 0 Å². The molecule has 1 rings (SSSR count). The third-order valence-corrected chi connectivity index (χ3v) is 2.72. The zero-order valence-electron chi connectivity index (χ0n) is 12.2. The number of halogens is 1. The summed E-state index contributed by atoms with van der Waals surface area (Å²) in [4.78, 5) is 11.6. The quantitative estimate of drug-likeness (QED) is 0.687. The minimum absolute atomic E-state index is 0. The molecule has 4 nitrogen and oxygen atoms in total. The average Bonchev–Trinajstić information content (AvgIpc) is 2.40. The first-order valence-electron chi connectivity index (χ1n) is 6.78. The van der Waals surface area contributed by atoms with E-state index in [-0.39, 0.29) is 24.4 Å². The van der Waals surface area contributed by atoms with E-state index in [9.17, 15) is 4.79 Å². The average molecular weight is 301 g/mol. The fraction of sp³-hybridized carbons (Fsp3) is 0.533. The number of nitrogens with one attached hydrogen (secondary N) is 2. The van der Waals surface area contributed by atoms with Crippen molar-refractivity contribution in [3.05, 3.63) is 35.9 Å². The van der Waals surface area contributed by atoms with Gasteiger partial charge in [-0.3, -0.25) is 4.79 Å². The maximum Gasteiger partial charge on any atom is 0.220 e. The minimum Gasteiger partial charge on any atom is -0.375 e. The smallest absolute Gasteiger partial charge is 0.220 e. The molecular weight excluding hydrogens is 276 g/mol. The highest BCUT2D eigenvalue weighted by molar-refractivity contribution is 5.85. The van der Waals surface area contributed by atoms with Crippen LogP contribution >= 0.6 is 12.4 Å². The molecule has 0 aliphatic heterocycles. The molecule has 0 spiro atoms. The molecule has 1 atom stereocenters. The summed E-state index contributed by atoms with van der Waals surface area (Å²) in [6.07, 6.45) is 1.42. The summed E-state index contributed by atoms with van der Waals surface area (Å²) in [7, 11) is 1.89. The van der Waals surface area contributed by atoms with Gasteiger partial charge in [-0.05, 0) is 32.5 Å². The molecule has 1 unspecified atom stereocenters. The van der Waals surface area contributed by atoms with Crippen molar-refractivity contribution in [3.63, 3.8) is 0 Å². The molecule has 0 saturated heterocycles. The first kappa shape index (κ1) is 18.9. The van der Waals surface area contributed by atoms with E-state index in [4.69, 9.17) is 4.74 Å². The maximum absolute atomic E-state index is 11.6. The van der Waals surface area contributed by atoms with E-state index >= 15 is 0 Å². The zero-order valence-corrected chi connectivity index (χ0v) is 13.0. The van der Waals surface area contributed by atoms with Crippen LogP contribution in [0, 0.1) is 0 Å². The van der Waals surface area contributed by atoms with Gasteiger partial charge >= 0.3 is 0 Å². The van der Waals surface area contributed by atoms with Gasteiger partial charge in [-0.2, -0.15) is 0 Å². The van der Waals surface area contributed by atoms with Gasteiger partial charge in [0.25, 0.3) is 0 Å². The summed E-state index contributed by atoms with van der Waals surface area (Å²) in [5, 5.41) is 5.96. The first-order valence-corrected chi connectivity index (χ1v) is 6.78. The van der Waals surface area contributed by atoms with Gasteiger partial charge in [-0.15, -0.1) is 12.4 Å². The molecule has 0 saturated carbocycles. The lowest BCUT2D eigenvalue weighted by Crippen LogP contribution is -2.36. The van der Waals surface area contributed by atoms with E-state index in [1.807, 2.05) is 44.3 Å². The highest BCUT2D eigenvalue weighted by Crippen LogP contribution is 2.01. The van der Waals surface area contributed by atoms with E-state index in [0.29, 0.717) is 19.6 Å². The van der Waals surface area contributed by atoms with E-state index in [1.54, 1.807) is 0 Å². The van der Waals surface area contributed by atoms with Crippen LogP contribution in [0.4, 0.5) is 0 Å². The molecular formula is C15H25ClN2O2. The lowest BCUT2D eigenvalue weighted by atomic mass is 10.2. The number of hydrogen-bond donors (Lipinski definition) is 2. The summed E-state index contributed by atoms with van der Waals surface area (Å²) >= 11 is 0. The molecule has 20 heavy (non-hydrogen) atoms. The van der Waals surface area contributed by atoms with E-state index < -0.39 is 0 Å². The van der Waals surface area contributed by atoms with E-state index in [2.05, 4.69) is 10.6 Å². The molecule has 0 radical (unpaired) electrons. The number of benzene rings is 1. The molecule has 0 bridgehead atoms. The predicted octanol–water partition coefficient (Wildman–Crippen LogP) is 2.13. The highest BCUT2D eigenvalue weighted by Gasteiger charge is 2.06. The SMILES string of the molecule is CNCCCC(=O)NC(C)COCc1ccccc1.Cl. The molecule has 0 aromatic heterocycles. The molecule has 1 aromatic rings. The number of hydrogen-bond acceptors (Lipinski definition) is 3. The van der Waals surface area contributed by atoms with Gasteiger partial charge in [0, 0.05) is 12.5 Å². The van der Waals surface area contributed by atoms with Gasteiger partial charge in [0.15, 0.2) is 0 Å². The van der Waals surface area contributed by atoms with Gasteiger partial charge in [0.2, 0.25) is 5.91 Å². The van der Waals surface area contributed by atoms with Crippen LogP contribution in [0.25, 0.3) is 0 Å². The minimum atomic E-state index is 0. The lowest BCUT2D eigenvalue weighted by Gasteiger charge is -2.14. The van der Waals surface area contributed by atoms with Gasteiger partial charge in [0.1, 0.15) is 0 Å². The number of carbonyl (C=O) groups is 1. The topological polar surface area (TPSA) is 50.4 Å². The third kappa shape index (κ3) is 8.91. The molecule has 2 N–H and O–H groups in total. The second-order valence-corrected chi connectivity index (χ2v) is 4.68. The molecule has 1 aromatic carbocycles. The zero-order chi connectivity index (χ0) is 13.9. The van der Waals surface area contributed by atoms with Crippen molar-refractivity contribution in [1.82, 2.24) is 10.6 Å². The summed E-state index contributed by atoms with van der Waals surface area (Å²) in [5.41, 5.74) is 1.15. The van der Waals surface area contributed by atoms with E-state index in [0.717, 1.165) is 18.5 Å². The van der Waals surface area contributed by atoms with Crippen LogP contribution in [0.2, 0.25) is 0 Å². The monoisotopic (exact) mass is 300 g/mol. The Morgan fingerprint density at radius 1 is 1.30 bits per heavy atom. The van der Waals surface area contributed by atoms with Crippen LogP contribution in [0.1, 0.15) is 25.3 Å². The van der Waals surface area contributed by atoms with E-state index in [1.165, 1.54) is 0 Å². The maximum atomic E-state index is 11.6. The number of rotatable bonds is 9. The third-order valence-electron chi connectivity index (χ3n) is 2.72. The van der Waals surface area contributed by atoms with Crippen LogP contribution in [-0.4, -0.2) is 32.1 Å². The van der Waals surface area contributed by atoms with Crippen molar-refractivity contribution in [2.75, 3.05) is 20.2 Å². The Labute approximate surface area is 127 Å². The molecule has 114 valence electrons. The van der Waals surface area contributed by atoms with Gasteiger partial charge in [-0.1, -0.05) is 30.3 Å². The summed E-state index contributed by atoms with van der Waals surface area (Å²) in [6, 6.07) is 10.1. The van der Waals surface area contributed by atoms with Crippen molar-refractivity contribution < 1.29 is 9.53 Å². The van der Waals surface area contributed by atoms with Gasteiger partial charge in [-0.25, -0.2) is 0 Å². The lowest BCUT2D eigenvalue weighted by molar-refractivity contribution is -0.122. The number of carbonyl (C=O) groups excluding carboxylic acids is 1. The largest absolute Gasteiger partial charge is 0.375 e. The second-order valence-electron chi connectivity index (χ2n) is 4.68.